The van der Waals surface area contributed by atoms with Crippen molar-refractivity contribution in [3.63, 3.8) is 0 Å². The van der Waals surface area contributed by atoms with Crippen molar-refractivity contribution < 1.29 is 0 Å². The first-order chi connectivity index (χ1) is 5.76. The van der Waals surface area contributed by atoms with Crippen molar-refractivity contribution in [1.82, 2.24) is 0 Å². The molecule has 58 valence electrons. The van der Waals surface area contributed by atoms with Gasteiger partial charge in [0.05, 0.1) is 3.79 Å². The third-order valence-corrected chi connectivity index (χ3v) is 2.66. The zero-order valence-electron chi connectivity index (χ0n) is 5.91. The average molecular weight is 239 g/mol. The van der Waals surface area contributed by atoms with Crippen LogP contribution in [0.1, 0.15) is 5.56 Å². The van der Waals surface area contributed by atoms with E-state index in [2.05, 4.69) is 15.9 Å². The molecule has 0 N–H and O–H groups in total. The third-order valence-electron chi connectivity index (χ3n) is 1.14. The topological polar surface area (TPSA) is 47.6 Å². The third kappa shape index (κ3) is 2.20. The van der Waals surface area contributed by atoms with Gasteiger partial charge in [-0.15, -0.1) is 11.3 Å². The molecule has 0 saturated carbocycles. The van der Waals surface area contributed by atoms with Gasteiger partial charge in [-0.05, 0) is 39.0 Å². The van der Waals surface area contributed by atoms with Crippen LogP contribution in [-0.2, 0) is 0 Å². The molecule has 0 saturated heterocycles. The van der Waals surface area contributed by atoms with Crippen LogP contribution in [-0.4, -0.2) is 0 Å². The molecule has 0 aliphatic rings. The molecule has 1 rings (SSSR count). The van der Waals surface area contributed by atoms with E-state index in [9.17, 15) is 0 Å². The summed E-state index contributed by atoms with van der Waals surface area (Å²) in [6.07, 6.45) is 1.56. The van der Waals surface area contributed by atoms with Crippen LogP contribution < -0.4 is 0 Å². The molecule has 0 aliphatic heterocycles. The van der Waals surface area contributed by atoms with Crippen molar-refractivity contribution in [3.8, 4) is 12.1 Å². The van der Waals surface area contributed by atoms with E-state index in [0.29, 0.717) is 0 Å². The molecule has 0 unspecified atom stereocenters. The number of thiophene rings is 1. The molecule has 1 aromatic heterocycles. The zero-order valence-corrected chi connectivity index (χ0v) is 8.32. The number of nitriles is 2. The van der Waals surface area contributed by atoms with E-state index in [-0.39, 0.29) is 5.57 Å². The summed E-state index contributed by atoms with van der Waals surface area (Å²) < 4.78 is 0.990. The predicted octanol–water partition coefficient (Wildman–Crippen LogP) is 2.94. The minimum Gasteiger partial charge on any atom is -0.192 e. The highest BCUT2D eigenvalue weighted by atomic mass is 79.9. The Kier molecular flexibility index (Phi) is 3.04. The lowest BCUT2D eigenvalue weighted by Crippen LogP contribution is -1.70. The summed E-state index contributed by atoms with van der Waals surface area (Å²) >= 11 is 4.81. The van der Waals surface area contributed by atoms with Gasteiger partial charge in [0.2, 0.25) is 0 Å². The Balaban J connectivity index is 2.97. The van der Waals surface area contributed by atoms with E-state index in [0.717, 1.165) is 9.35 Å². The molecule has 0 bridgehead atoms. The van der Waals surface area contributed by atoms with Crippen molar-refractivity contribution in [2.75, 3.05) is 0 Å². The van der Waals surface area contributed by atoms with E-state index in [4.69, 9.17) is 10.5 Å². The van der Waals surface area contributed by atoms with Crippen LogP contribution in [0.4, 0.5) is 0 Å². The van der Waals surface area contributed by atoms with Crippen LogP contribution in [0.3, 0.4) is 0 Å². The van der Waals surface area contributed by atoms with Gasteiger partial charge in [-0.1, -0.05) is 0 Å². The second-order valence-electron chi connectivity index (χ2n) is 1.97. The zero-order chi connectivity index (χ0) is 8.97. The fraction of sp³-hybridized carbons (Fsp3) is 0. The molecule has 0 fully saturated rings. The number of hydrogen-bond donors (Lipinski definition) is 0. The van der Waals surface area contributed by atoms with E-state index in [1.807, 2.05) is 11.4 Å². The first-order valence-corrected chi connectivity index (χ1v) is 4.69. The lowest BCUT2D eigenvalue weighted by molar-refractivity contribution is 1.47. The van der Waals surface area contributed by atoms with Crippen LogP contribution >= 0.6 is 27.3 Å². The Hall–Kier alpha value is -1.10. The molecule has 1 heterocycles. The van der Waals surface area contributed by atoms with Crippen LogP contribution in [0, 0.1) is 22.7 Å². The van der Waals surface area contributed by atoms with Gasteiger partial charge in [-0.2, -0.15) is 10.5 Å². The van der Waals surface area contributed by atoms with E-state index >= 15 is 0 Å². The quantitative estimate of drug-likeness (QED) is 0.707. The van der Waals surface area contributed by atoms with Gasteiger partial charge < -0.3 is 0 Å². The highest BCUT2D eigenvalue weighted by Gasteiger charge is 1.96. The predicted molar refractivity (Wildman–Crippen MR) is 51.2 cm³/mol. The standard InChI is InChI=1S/C8H3BrN2S/c9-8-2-6(5-12-8)1-7(3-10)4-11/h1-2,5H. The van der Waals surface area contributed by atoms with Gasteiger partial charge in [0.1, 0.15) is 17.7 Å². The van der Waals surface area contributed by atoms with Crippen molar-refractivity contribution >= 4 is 33.3 Å². The molecule has 0 radical (unpaired) electrons. The second-order valence-corrected chi connectivity index (χ2v) is 4.26. The second kappa shape index (κ2) is 4.06. The number of allylic oxidation sites excluding steroid dienone is 1. The summed E-state index contributed by atoms with van der Waals surface area (Å²) in [5.41, 5.74) is 1.00. The van der Waals surface area contributed by atoms with Crippen LogP contribution in [0.2, 0.25) is 0 Å². The summed E-state index contributed by atoms with van der Waals surface area (Å²) in [6.45, 7) is 0. The number of halogens is 1. The maximum atomic E-state index is 8.45. The molecule has 4 heteroatoms. The van der Waals surface area contributed by atoms with Crippen LogP contribution in [0.25, 0.3) is 6.08 Å². The molecule has 1 aromatic rings. The minimum absolute atomic E-state index is 0.125. The lowest BCUT2D eigenvalue weighted by atomic mass is 10.2. The highest BCUT2D eigenvalue weighted by Crippen LogP contribution is 2.22. The first kappa shape index (κ1) is 8.99. The van der Waals surface area contributed by atoms with E-state index in [1.54, 1.807) is 18.2 Å². The van der Waals surface area contributed by atoms with Gasteiger partial charge in [-0.3, -0.25) is 0 Å². The SMILES string of the molecule is N#CC(C#N)=Cc1csc(Br)c1. The monoisotopic (exact) mass is 238 g/mol. The Morgan fingerprint density at radius 3 is 2.58 bits per heavy atom. The summed E-state index contributed by atoms with van der Waals surface area (Å²) in [7, 11) is 0. The van der Waals surface area contributed by atoms with Gasteiger partial charge in [0.15, 0.2) is 0 Å². The van der Waals surface area contributed by atoms with Gasteiger partial charge in [0, 0.05) is 0 Å². The van der Waals surface area contributed by atoms with Crippen LogP contribution in [0.5, 0.6) is 0 Å². The summed E-state index contributed by atoms with van der Waals surface area (Å²) in [4.78, 5) is 0. The summed E-state index contributed by atoms with van der Waals surface area (Å²) in [6, 6.07) is 5.46. The van der Waals surface area contributed by atoms with E-state index < -0.39 is 0 Å². The van der Waals surface area contributed by atoms with Crippen molar-refractivity contribution in [3.05, 3.63) is 26.4 Å². The maximum Gasteiger partial charge on any atom is 0.130 e. The minimum atomic E-state index is 0.125. The Labute approximate surface area is 82.5 Å². The molecule has 0 aromatic carbocycles. The Morgan fingerprint density at radius 2 is 2.17 bits per heavy atom. The highest BCUT2D eigenvalue weighted by molar-refractivity contribution is 9.11. The summed E-state index contributed by atoms with van der Waals surface area (Å²) in [5.74, 6) is 0. The fourth-order valence-electron chi connectivity index (χ4n) is 0.655. The van der Waals surface area contributed by atoms with Crippen molar-refractivity contribution in [2.45, 2.75) is 0 Å². The number of rotatable bonds is 1. The molecular weight excluding hydrogens is 236 g/mol. The van der Waals surface area contributed by atoms with Crippen molar-refractivity contribution in [1.29, 1.82) is 10.5 Å². The van der Waals surface area contributed by atoms with Crippen molar-refractivity contribution in [2.24, 2.45) is 0 Å². The van der Waals surface area contributed by atoms with Crippen LogP contribution in [0.15, 0.2) is 20.8 Å². The molecule has 2 nitrogen and oxygen atoms in total. The molecular formula is C8H3BrN2S. The molecule has 0 aliphatic carbocycles. The normalized spacial score (nSPS) is 8.25. The molecule has 0 atom stereocenters. The van der Waals surface area contributed by atoms with Gasteiger partial charge >= 0.3 is 0 Å². The maximum absolute atomic E-state index is 8.45. The largest absolute Gasteiger partial charge is 0.192 e. The van der Waals surface area contributed by atoms with Gasteiger partial charge in [0.25, 0.3) is 0 Å². The summed E-state index contributed by atoms with van der Waals surface area (Å²) in [5, 5.41) is 18.8. The Bertz CT molecular complexity index is 376. The molecule has 0 amide bonds. The fourth-order valence-corrected chi connectivity index (χ4v) is 1.79. The van der Waals surface area contributed by atoms with Gasteiger partial charge in [-0.25, -0.2) is 0 Å². The average Bonchev–Trinajstić information content (AvgIpc) is 2.47. The van der Waals surface area contributed by atoms with E-state index in [1.165, 1.54) is 11.3 Å². The first-order valence-electron chi connectivity index (χ1n) is 3.02. The Morgan fingerprint density at radius 1 is 1.50 bits per heavy atom. The number of hydrogen-bond acceptors (Lipinski definition) is 3. The molecule has 12 heavy (non-hydrogen) atoms. The smallest absolute Gasteiger partial charge is 0.130 e. The molecule has 0 spiro atoms. The number of nitrogens with zero attached hydrogens (tertiary/aromatic N) is 2. The lowest BCUT2D eigenvalue weighted by Gasteiger charge is -1.80.